The zero-order valence-electron chi connectivity index (χ0n) is 19.2. The molecule has 0 atom stereocenters. The molecule has 0 radical (unpaired) electrons. The van der Waals surface area contributed by atoms with Crippen LogP contribution < -0.4 is 0 Å². The molecular formula is C26H48O2. The summed E-state index contributed by atoms with van der Waals surface area (Å²) in [5, 5.41) is 0. The van der Waals surface area contributed by atoms with E-state index in [1.54, 1.807) is 0 Å². The summed E-state index contributed by atoms with van der Waals surface area (Å²) in [6.45, 7) is 6.95. The van der Waals surface area contributed by atoms with Crippen molar-refractivity contribution in [2.24, 2.45) is 5.92 Å². The smallest absolute Gasteiger partial charge is 0.305 e. The maximum atomic E-state index is 11.5. The predicted octanol–water partition coefficient (Wildman–Crippen LogP) is 8.56. The summed E-state index contributed by atoms with van der Waals surface area (Å²) in [6.07, 6.45) is 28.9. The molecule has 0 aromatic carbocycles. The van der Waals surface area contributed by atoms with Crippen molar-refractivity contribution in [2.75, 3.05) is 6.61 Å². The number of carbonyl (C=O) groups is 1. The maximum Gasteiger partial charge on any atom is 0.305 e. The highest BCUT2D eigenvalue weighted by molar-refractivity contribution is 5.69. The molecule has 0 spiro atoms. The molecule has 0 amide bonds. The van der Waals surface area contributed by atoms with Crippen molar-refractivity contribution in [1.29, 1.82) is 0 Å². The Morgan fingerprint density at radius 3 is 1.75 bits per heavy atom. The van der Waals surface area contributed by atoms with Crippen molar-refractivity contribution >= 4 is 5.97 Å². The third-order valence-electron chi connectivity index (χ3n) is 4.91. The second kappa shape index (κ2) is 22.2. The lowest BCUT2D eigenvalue weighted by Crippen LogP contribution is -2.09. The molecule has 2 heteroatoms. The zero-order chi connectivity index (χ0) is 20.7. The van der Waals surface area contributed by atoms with Gasteiger partial charge < -0.3 is 4.74 Å². The Morgan fingerprint density at radius 1 is 0.714 bits per heavy atom. The van der Waals surface area contributed by atoms with Crippen LogP contribution in [0.25, 0.3) is 0 Å². The first-order valence-corrected chi connectivity index (χ1v) is 12.1. The van der Waals surface area contributed by atoms with Crippen LogP contribution in [0.15, 0.2) is 24.3 Å². The average Bonchev–Trinajstić information content (AvgIpc) is 2.68. The molecule has 0 aromatic rings. The van der Waals surface area contributed by atoms with E-state index < -0.39 is 0 Å². The van der Waals surface area contributed by atoms with E-state index in [2.05, 4.69) is 45.1 Å². The number of hydrogen-bond donors (Lipinski definition) is 0. The number of esters is 1. The van der Waals surface area contributed by atoms with Crippen LogP contribution in [-0.4, -0.2) is 12.6 Å². The average molecular weight is 393 g/mol. The summed E-state index contributed by atoms with van der Waals surface area (Å²) < 4.78 is 5.19. The fourth-order valence-corrected chi connectivity index (χ4v) is 3.12. The van der Waals surface area contributed by atoms with Crippen LogP contribution in [0.5, 0.6) is 0 Å². The third-order valence-corrected chi connectivity index (χ3v) is 4.91. The number of ether oxygens (including phenoxy) is 1. The molecule has 0 aliphatic rings. The van der Waals surface area contributed by atoms with Gasteiger partial charge in [-0.25, -0.2) is 0 Å². The molecule has 0 N–H and O–H groups in total. The van der Waals surface area contributed by atoms with Gasteiger partial charge in [0.1, 0.15) is 0 Å². The van der Waals surface area contributed by atoms with Crippen molar-refractivity contribution < 1.29 is 9.53 Å². The predicted molar refractivity (Wildman–Crippen MR) is 124 cm³/mol. The normalized spacial score (nSPS) is 11.9. The first-order valence-electron chi connectivity index (χ1n) is 12.1. The van der Waals surface area contributed by atoms with Crippen LogP contribution in [0, 0.1) is 5.92 Å². The fourth-order valence-electron chi connectivity index (χ4n) is 3.12. The summed E-state index contributed by atoms with van der Waals surface area (Å²) in [5.74, 6) is 0.410. The second-order valence-electron chi connectivity index (χ2n) is 8.47. The van der Waals surface area contributed by atoms with Crippen molar-refractivity contribution in [1.82, 2.24) is 0 Å². The SMILES string of the molecule is CCCCC/C=C\C/C=C\CCCCCCCCCCCC(=O)OCC(C)C. The molecule has 0 aromatic heterocycles. The van der Waals surface area contributed by atoms with Gasteiger partial charge in [-0.05, 0) is 44.4 Å². The van der Waals surface area contributed by atoms with E-state index in [0.29, 0.717) is 18.9 Å². The molecule has 164 valence electrons. The van der Waals surface area contributed by atoms with E-state index in [1.165, 1.54) is 77.0 Å². The third kappa shape index (κ3) is 23.0. The molecule has 0 saturated heterocycles. The molecule has 0 unspecified atom stereocenters. The molecular weight excluding hydrogens is 344 g/mol. The monoisotopic (exact) mass is 392 g/mol. The molecule has 0 fully saturated rings. The summed E-state index contributed by atoms with van der Waals surface area (Å²) in [4.78, 5) is 11.5. The highest BCUT2D eigenvalue weighted by Gasteiger charge is 2.03. The van der Waals surface area contributed by atoms with Crippen molar-refractivity contribution in [2.45, 2.75) is 124 Å². The van der Waals surface area contributed by atoms with E-state index in [9.17, 15) is 4.79 Å². The molecule has 0 aliphatic carbocycles. The standard InChI is InChI=1S/C26H48O2/c1-4-5-6-7-8-9-10-11-12-13-14-15-16-17-18-19-20-21-22-23-26(27)28-24-25(2)3/h8-9,11-12,25H,4-7,10,13-24H2,1-3H3/b9-8-,12-11-. The Hall–Kier alpha value is -1.05. The van der Waals surface area contributed by atoms with Crippen LogP contribution in [-0.2, 0) is 9.53 Å². The van der Waals surface area contributed by atoms with Crippen molar-refractivity contribution in [3.8, 4) is 0 Å². The molecule has 0 bridgehead atoms. The first-order chi connectivity index (χ1) is 13.7. The van der Waals surface area contributed by atoms with Crippen LogP contribution in [0.1, 0.15) is 124 Å². The van der Waals surface area contributed by atoms with E-state index in [1.807, 2.05) is 0 Å². The zero-order valence-corrected chi connectivity index (χ0v) is 19.2. The topological polar surface area (TPSA) is 26.3 Å². The number of carbonyl (C=O) groups excluding carboxylic acids is 1. The van der Waals surface area contributed by atoms with Gasteiger partial charge in [-0.3, -0.25) is 4.79 Å². The maximum absolute atomic E-state index is 11.5. The lowest BCUT2D eigenvalue weighted by Gasteiger charge is -2.06. The Kier molecular flexibility index (Phi) is 21.4. The fraction of sp³-hybridized carbons (Fsp3) is 0.808. The first kappa shape index (κ1) is 27.0. The summed E-state index contributed by atoms with van der Waals surface area (Å²) in [6, 6.07) is 0. The van der Waals surface area contributed by atoms with Gasteiger partial charge in [0.25, 0.3) is 0 Å². The number of unbranched alkanes of at least 4 members (excludes halogenated alkanes) is 12. The van der Waals surface area contributed by atoms with E-state index in [0.717, 1.165) is 19.3 Å². The van der Waals surface area contributed by atoms with Crippen LogP contribution in [0.3, 0.4) is 0 Å². The minimum Gasteiger partial charge on any atom is -0.465 e. The molecule has 0 aliphatic heterocycles. The van der Waals surface area contributed by atoms with Gasteiger partial charge in [-0.2, -0.15) is 0 Å². The van der Waals surface area contributed by atoms with Crippen LogP contribution in [0.4, 0.5) is 0 Å². The molecule has 28 heavy (non-hydrogen) atoms. The van der Waals surface area contributed by atoms with Gasteiger partial charge in [-0.1, -0.05) is 103 Å². The summed E-state index contributed by atoms with van der Waals surface area (Å²) in [5.41, 5.74) is 0. The Bertz CT molecular complexity index is 382. The summed E-state index contributed by atoms with van der Waals surface area (Å²) in [7, 11) is 0. The van der Waals surface area contributed by atoms with E-state index >= 15 is 0 Å². The van der Waals surface area contributed by atoms with E-state index in [-0.39, 0.29) is 5.97 Å². The van der Waals surface area contributed by atoms with Gasteiger partial charge in [0.05, 0.1) is 6.61 Å². The highest BCUT2D eigenvalue weighted by Crippen LogP contribution is 2.12. The minimum atomic E-state index is -0.0225. The number of allylic oxidation sites excluding steroid dienone is 4. The Labute approximate surface area is 176 Å². The number of rotatable bonds is 20. The van der Waals surface area contributed by atoms with Crippen molar-refractivity contribution in [3.05, 3.63) is 24.3 Å². The molecule has 0 heterocycles. The van der Waals surface area contributed by atoms with Gasteiger partial charge >= 0.3 is 5.97 Å². The second-order valence-corrected chi connectivity index (χ2v) is 8.47. The minimum absolute atomic E-state index is 0.0225. The van der Waals surface area contributed by atoms with Crippen molar-refractivity contribution in [3.63, 3.8) is 0 Å². The van der Waals surface area contributed by atoms with E-state index in [4.69, 9.17) is 4.74 Å². The van der Waals surface area contributed by atoms with Crippen LogP contribution in [0.2, 0.25) is 0 Å². The quantitative estimate of drug-likeness (QED) is 0.118. The lowest BCUT2D eigenvalue weighted by atomic mass is 10.1. The highest BCUT2D eigenvalue weighted by atomic mass is 16.5. The Morgan fingerprint density at radius 2 is 1.21 bits per heavy atom. The largest absolute Gasteiger partial charge is 0.465 e. The van der Waals surface area contributed by atoms with Crippen LogP contribution >= 0.6 is 0 Å². The van der Waals surface area contributed by atoms with Gasteiger partial charge in [-0.15, -0.1) is 0 Å². The summed E-state index contributed by atoms with van der Waals surface area (Å²) >= 11 is 0. The number of hydrogen-bond acceptors (Lipinski definition) is 2. The lowest BCUT2D eigenvalue weighted by molar-refractivity contribution is -0.144. The van der Waals surface area contributed by atoms with Gasteiger partial charge in [0, 0.05) is 6.42 Å². The van der Waals surface area contributed by atoms with Gasteiger partial charge in [0.15, 0.2) is 0 Å². The Balaban J connectivity index is 3.21. The van der Waals surface area contributed by atoms with Gasteiger partial charge in [0.2, 0.25) is 0 Å². The molecule has 0 saturated carbocycles. The molecule has 0 rings (SSSR count). The molecule has 2 nitrogen and oxygen atoms in total.